The Hall–Kier alpha value is -1.62. The van der Waals surface area contributed by atoms with Crippen molar-refractivity contribution in [1.29, 1.82) is 0 Å². The molecule has 1 aliphatic rings. The zero-order chi connectivity index (χ0) is 13.3. The summed E-state index contributed by atoms with van der Waals surface area (Å²) in [5.41, 5.74) is 1.77. The fourth-order valence-corrected chi connectivity index (χ4v) is 2.42. The first-order valence-corrected chi connectivity index (χ1v) is 6.13. The van der Waals surface area contributed by atoms with Crippen LogP contribution in [-0.2, 0) is 4.74 Å². The molecular formula is C13H18N2O3. The summed E-state index contributed by atoms with van der Waals surface area (Å²) in [6.07, 6.45) is 0.185. The van der Waals surface area contributed by atoms with E-state index in [9.17, 15) is 10.1 Å². The Morgan fingerprint density at radius 1 is 1.33 bits per heavy atom. The van der Waals surface area contributed by atoms with E-state index < -0.39 is 0 Å². The summed E-state index contributed by atoms with van der Waals surface area (Å²) in [7, 11) is 0. The SMILES string of the molecule is Cc1ccc(N2C[C@@H](C)O[C@@H](C)C2)c([N+](=O)[O-])c1. The van der Waals surface area contributed by atoms with Gasteiger partial charge in [0.25, 0.3) is 5.69 Å². The van der Waals surface area contributed by atoms with Crippen LogP contribution in [0.4, 0.5) is 11.4 Å². The van der Waals surface area contributed by atoms with E-state index in [-0.39, 0.29) is 22.8 Å². The van der Waals surface area contributed by atoms with Crippen LogP contribution in [0.25, 0.3) is 0 Å². The fraction of sp³-hybridized carbons (Fsp3) is 0.538. The molecule has 98 valence electrons. The average molecular weight is 250 g/mol. The van der Waals surface area contributed by atoms with Crippen molar-refractivity contribution in [2.24, 2.45) is 0 Å². The van der Waals surface area contributed by atoms with Gasteiger partial charge in [-0.15, -0.1) is 0 Å². The lowest BCUT2D eigenvalue weighted by atomic mass is 10.1. The number of aryl methyl sites for hydroxylation is 1. The lowest BCUT2D eigenvalue weighted by molar-refractivity contribution is -0.384. The van der Waals surface area contributed by atoms with Gasteiger partial charge in [0.15, 0.2) is 0 Å². The molecule has 18 heavy (non-hydrogen) atoms. The summed E-state index contributed by atoms with van der Waals surface area (Å²) in [6.45, 7) is 7.22. The summed E-state index contributed by atoms with van der Waals surface area (Å²) < 4.78 is 5.65. The molecule has 0 N–H and O–H groups in total. The molecule has 0 unspecified atom stereocenters. The first kappa shape index (κ1) is 12.8. The number of nitro groups is 1. The van der Waals surface area contributed by atoms with Crippen molar-refractivity contribution < 1.29 is 9.66 Å². The van der Waals surface area contributed by atoms with Gasteiger partial charge in [0.05, 0.1) is 17.1 Å². The van der Waals surface area contributed by atoms with Crippen LogP contribution in [-0.4, -0.2) is 30.2 Å². The van der Waals surface area contributed by atoms with E-state index in [2.05, 4.69) is 0 Å². The second-order valence-electron chi connectivity index (χ2n) is 4.91. The minimum atomic E-state index is -0.312. The molecule has 2 atom stereocenters. The van der Waals surface area contributed by atoms with E-state index in [1.54, 1.807) is 6.07 Å². The van der Waals surface area contributed by atoms with E-state index in [0.717, 1.165) is 5.56 Å². The van der Waals surface area contributed by atoms with Crippen LogP contribution >= 0.6 is 0 Å². The molecule has 1 aromatic carbocycles. The molecule has 1 saturated heterocycles. The first-order chi connectivity index (χ1) is 8.47. The molecule has 1 aromatic rings. The molecule has 0 saturated carbocycles. The highest BCUT2D eigenvalue weighted by Gasteiger charge is 2.27. The standard InChI is InChI=1S/C13H18N2O3/c1-9-4-5-12(13(6-9)15(16)17)14-7-10(2)18-11(3)8-14/h4-6,10-11H,7-8H2,1-3H3/t10-,11+. The highest BCUT2D eigenvalue weighted by Crippen LogP contribution is 2.31. The number of rotatable bonds is 2. The van der Waals surface area contributed by atoms with Crippen molar-refractivity contribution in [3.63, 3.8) is 0 Å². The summed E-state index contributed by atoms with van der Waals surface area (Å²) in [6, 6.07) is 5.37. The van der Waals surface area contributed by atoms with Crippen LogP contribution in [0.2, 0.25) is 0 Å². The molecule has 1 heterocycles. The molecule has 5 nitrogen and oxygen atoms in total. The molecule has 0 amide bonds. The van der Waals surface area contributed by atoms with E-state index in [4.69, 9.17) is 4.74 Å². The Labute approximate surface area is 107 Å². The highest BCUT2D eigenvalue weighted by molar-refractivity contribution is 5.64. The molecular weight excluding hydrogens is 232 g/mol. The van der Waals surface area contributed by atoms with Gasteiger partial charge in [0, 0.05) is 19.2 Å². The van der Waals surface area contributed by atoms with E-state index in [1.165, 1.54) is 0 Å². The fourth-order valence-electron chi connectivity index (χ4n) is 2.42. The van der Waals surface area contributed by atoms with Crippen LogP contribution in [0.3, 0.4) is 0 Å². The minimum absolute atomic E-state index is 0.0923. The number of ether oxygens (including phenoxy) is 1. The molecule has 5 heteroatoms. The summed E-state index contributed by atoms with van der Waals surface area (Å²) in [5.74, 6) is 0. The van der Waals surface area contributed by atoms with Crippen LogP contribution in [0, 0.1) is 17.0 Å². The van der Waals surface area contributed by atoms with Crippen LogP contribution < -0.4 is 4.90 Å². The third kappa shape index (κ3) is 2.61. The molecule has 0 spiro atoms. The lowest BCUT2D eigenvalue weighted by Crippen LogP contribution is -2.45. The van der Waals surface area contributed by atoms with Crippen LogP contribution in [0.1, 0.15) is 19.4 Å². The second-order valence-corrected chi connectivity index (χ2v) is 4.91. The minimum Gasteiger partial charge on any atom is -0.372 e. The predicted octanol–water partition coefficient (Wildman–Crippen LogP) is 2.52. The Balaban J connectivity index is 2.35. The zero-order valence-electron chi connectivity index (χ0n) is 10.9. The molecule has 0 aliphatic carbocycles. The van der Waals surface area contributed by atoms with Crippen LogP contribution in [0.15, 0.2) is 18.2 Å². The first-order valence-electron chi connectivity index (χ1n) is 6.13. The third-order valence-corrected chi connectivity index (χ3v) is 3.09. The Morgan fingerprint density at radius 2 is 1.94 bits per heavy atom. The van der Waals surface area contributed by atoms with Crippen molar-refractivity contribution >= 4 is 11.4 Å². The highest BCUT2D eigenvalue weighted by atomic mass is 16.6. The number of nitrogens with zero attached hydrogens (tertiary/aromatic N) is 2. The maximum Gasteiger partial charge on any atom is 0.292 e. The molecule has 0 aromatic heterocycles. The van der Waals surface area contributed by atoms with Gasteiger partial charge in [-0.1, -0.05) is 6.07 Å². The van der Waals surface area contributed by atoms with Gasteiger partial charge in [-0.05, 0) is 32.4 Å². The van der Waals surface area contributed by atoms with Gasteiger partial charge in [-0.25, -0.2) is 0 Å². The average Bonchev–Trinajstić information content (AvgIpc) is 2.27. The number of hydrogen-bond acceptors (Lipinski definition) is 4. The molecule has 1 fully saturated rings. The van der Waals surface area contributed by atoms with Crippen molar-refractivity contribution in [2.75, 3.05) is 18.0 Å². The van der Waals surface area contributed by atoms with Gasteiger partial charge in [-0.3, -0.25) is 10.1 Å². The normalized spacial score (nSPS) is 24.1. The van der Waals surface area contributed by atoms with Gasteiger partial charge in [0.2, 0.25) is 0 Å². The van der Waals surface area contributed by atoms with Gasteiger partial charge in [0.1, 0.15) is 5.69 Å². The smallest absolute Gasteiger partial charge is 0.292 e. The van der Waals surface area contributed by atoms with Crippen molar-refractivity contribution in [3.8, 4) is 0 Å². The van der Waals surface area contributed by atoms with Crippen molar-refractivity contribution in [3.05, 3.63) is 33.9 Å². The predicted molar refractivity (Wildman–Crippen MR) is 70.1 cm³/mol. The third-order valence-electron chi connectivity index (χ3n) is 3.09. The van der Waals surface area contributed by atoms with Gasteiger partial charge < -0.3 is 9.64 Å². The molecule has 0 bridgehead atoms. The number of morpholine rings is 1. The zero-order valence-corrected chi connectivity index (χ0v) is 10.9. The maximum atomic E-state index is 11.1. The van der Waals surface area contributed by atoms with Crippen molar-refractivity contribution in [2.45, 2.75) is 33.0 Å². The Bertz CT molecular complexity index is 452. The number of anilines is 1. The summed E-state index contributed by atoms with van der Waals surface area (Å²) in [4.78, 5) is 12.9. The maximum absolute atomic E-state index is 11.1. The summed E-state index contributed by atoms with van der Waals surface area (Å²) >= 11 is 0. The Kier molecular flexibility index (Phi) is 3.52. The summed E-state index contributed by atoms with van der Waals surface area (Å²) in [5, 5.41) is 11.1. The monoisotopic (exact) mass is 250 g/mol. The topological polar surface area (TPSA) is 55.6 Å². The number of hydrogen-bond donors (Lipinski definition) is 0. The molecule has 0 radical (unpaired) electrons. The quantitative estimate of drug-likeness (QED) is 0.598. The number of benzene rings is 1. The van der Waals surface area contributed by atoms with Crippen molar-refractivity contribution in [1.82, 2.24) is 0 Å². The second kappa shape index (κ2) is 4.94. The molecule has 2 rings (SSSR count). The largest absolute Gasteiger partial charge is 0.372 e. The Morgan fingerprint density at radius 3 is 2.50 bits per heavy atom. The lowest BCUT2D eigenvalue weighted by Gasteiger charge is -2.36. The van der Waals surface area contributed by atoms with E-state index >= 15 is 0 Å². The van der Waals surface area contributed by atoms with Crippen LogP contribution in [0.5, 0.6) is 0 Å². The molecule has 1 aliphatic heterocycles. The number of nitro benzene ring substituents is 1. The van der Waals surface area contributed by atoms with Gasteiger partial charge >= 0.3 is 0 Å². The van der Waals surface area contributed by atoms with E-state index in [1.807, 2.05) is 37.8 Å². The van der Waals surface area contributed by atoms with Gasteiger partial charge in [-0.2, -0.15) is 0 Å². The van der Waals surface area contributed by atoms with E-state index in [0.29, 0.717) is 18.8 Å².